The quantitative estimate of drug-likeness (QED) is 0.0814. The Morgan fingerprint density at radius 3 is 0.657 bits per heavy atom. The smallest absolute Gasteiger partial charge is 0.187 e. The van der Waals surface area contributed by atoms with Gasteiger partial charge in [-0.3, -0.25) is 0 Å². The Morgan fingerprint density at radius 1 is 0.182 bits per heavy atom. The second kappa shape index (κ2) is 34.0. The summed E-state index contributed by atoms with van der Waals surface area (Å²) in [5.41, 5.74) is 0. The molecule has 45 heteroatoms. The monoisotopic (exact) mass is 1460 g/mol. The van der Waals surface area contributed by atoms with Gasteiger partial charge in [0.05, 0.1) is 59.5 Å². The van der Waals surface area contributed by atoms with Crippen LogP contribution in [0, 0.1) is 0 Å². The van der Waals surface area contributed by atoms with Crippen LogP contribution in [0.4, 0.5) is 0 Å². The summed E-state index contributed by atoms with van der Waals surface area (Å²) >= 11 is 0. The summed E-state index contributed by atoms with van der Waals surface area (Å²) in [5.74, 6) is 0. The van der Waals surface area contributed by atoms with Crippen LogP contribution in [0.25, 0.3) is 0 Å². The van der Waals surface area contributed by atoms with Crippen LogP contribution in [0.5, 0.6) is 0 Å². The first kappa shape index (κ1) is 79.8. The summed E-state index contributed by atoms with van der Waals surface area (Å²) < 4.78 is 103. The third kappa shape index (κ3) is 16.0. The van der Waals surface area contributed by atoms with Crippen LogP contribution >= 0.6 is 0 Å². The zero-order valence-corrected chi connectivity index (χ0v) is 51.8. The molecule has 27 N–H and O–H groups in total. The van der Waals surface area contributed by atoms with E-state index in [0.717, 1.165) is 0 Å². The van der Waals surface area contributed by atoms with Crippen molar-refractivity contribution in [1.29, 1.82) is 0 Å². The molecule has 14 bridgehead atoms. The van der Waals surface area contributed by atoms with Crippen LogP contribution in [-0.2, 0) is 85.3 Å². The maximum atomic E-state index is 12.0. The van der Waals surface area contributed by atoms with Crippen molar-refractivity contribution in [1.82, 2.24) is 0 Å². The molecule has 0 aromatic rings. The summed E-state index contributed by atoms with van der Waals surface area (Å²) in [6.07, 6.45) is -94.3. The maximum absolute atomic E-state index is 12.0. The normalized spacial score (nSPS) is 55.1. The summed E-state index contributed by atoms with van der Waals surface area (Å²) in [6.45, 7) is -9.86. The maximum Gasteiger partial charge on any atom is 0.187 e. The summed E-state index contributed by atoms with van der Waals surface area (Å²) in [6, 6.07) is 0. The van der Waals surface area contributed by atoms with Crippen molar-refractivity contribution in [2.45, 2.75) is 276 Å². The molecule has 0 aromatic heterocycles. The molecule has 0 aliphatic carbocycles. The van der Waals surface area contributed by atoms with E-state index in [2.05, 4.69) is 0 Å². The van der Waals surface area contributed by atoms with Gasteiger partial charge in [0.15, 0.2) is 56.6 Å². The number of ether oxygens (including phenoxy) is 18. The van der Waals surface area contributed by atoms with Crippen LogP contribution < -0.4 is 0 Å². The van der Waals surface area contributed by atoms with Crippen LogP contribution in [0.15, 0.2) is 0 Å². The highest BCUT2D eigenvalue weighted by Gasteiger charge is 2.61. The van der Waals surface area contributed by atoms with Gasteiger partial charge in [-0.2, -0.15) is 0 Å². The molecular formula is C54H90O45. The Kier molecular flexibility index (Phi) is 27.4. The predicted molar refractivity (Wildman–Crippen MR) is 294 cm³/mol. The van der Waals surface area contributed by atoms with Crippen LogP contribution in [0.2, 0.25) is 0 Å². The van der Waals surface area contributed by atoms with E-state index >= 15 is 0 Å². The van der Waals surface area contributed by atoms with Gasteiger partial charge in [-0.05, 0) is 0 Å². The van der Waals surface area contributed by atoms with E-state index in [9.17, 15) is 138 Å². The first-order valence-electron chi connectivity index (χ1n) is 31.6. The number of hydrogen-bond acceptors (Lipinski definition) is 45. The number of aliphatic hydroxyl groups is 27. The lowest BCUT2D eigenvalue weighted by molar-refractivity contribution is -0.399. The van der Waals surface area contributed by atoms with Crippen molar-refractivity contribution in [3.05, 3.63) is 0 Å². The molecule has 0 amide bonds. The van der Waals surface area contributed by atoms with E-state index in [4.69, 9.17) is 85.3 Å². The molecule has 1 unspecified atom stereocenters. The highest BCUT2D eigenvalue weighted by molar-refractivity contribution is 5.03. The third-order valence-corrected chi connectivity index (χ3v) is 19.0. The van der Waals surface area contributed by atoms with E-state index in [1.54, 1.807) is 0 Å². The lowest BCUT2D eigenvalue weighted by atomic mass is 9.95. The minimum absolute atomic E-state index is 0.906. The van der Waals surface area contributed by atoms with Gasteiger partial charge in [0.25, 0.3) is 0 Å². The van der Waals surface area contributed by atoms with Gasteiger partial charge in [0, 0.05) is 0 Å². The van der Waals surface area contributed by atoms with Gasteiger partial charge >= 0.3 is 0 Å². The third-order valence-electron chi connectivity index (χ3n) is 19.0. The van der Waals surface area contributed by atoms with Gasteiger partial charge in [-0.25, -0.2) is 0 Å². The van der Waals surface area contributed by atoms with Gasteiger partial charge in [0.1, 0.15) is 220 Å². The fourth-order valence-electron chi connectivity index (χ4n) is 13.3. The Labute approximate surface area is 558 Å². The molecule has 23 saturated heterocycles. The minimum atomic E-state index is -2.43. The fraction of sp³-hybridized carbons (Fsp3) is 1.00. The van der Waals surface area contributed by atoms with E-state index in [1.165, 1.54) is 0 Å². The highest BCUT2D eigenvalue weighted by atomic mass is 16.8. The van der Waals surface area contributed by atoms with Crippen molar-refractivity contribution in [3.8, 4) is 0 Å². The number of hydrogen-bond donors (Lipinski definition) is 27. The van der Waals surface area contributed by atoms with E-state index < -0.39 is 336 Å². The van der Waals surface area contributed by atoms with E-state index in [-0.39, 0.29) is 0 Å². The average molecular weight is 1460 g/mol. The molecular weight excluding hydrogens is 1370 g/mol. The number of aliphatic hydroxyl groups excluding tert-OH is 27. The summed E-state index contributed by atoms with van der Waals surface area (Å²) in [5, 5.41) is 299. The molecule has 23 heterocycles. The zero-order valence-electron chi connectivity index (χ0n) is 51.8. The molecule has 0 saturated carbocycles. The van der Waals surface area contributed by atoms with Crippen molar-refractivity contribution in [2.75, 3.05) is 59.5 Å². The van der Waals surface area contributed by atoms with E-state index in [1.807, 2.05) is 0 Å². The van der Waals surface area contributed by atoms with Gasteiger partial charge in [-0.15, -0.1) is 0 Å². The van der Waals surface area contributed by atoms with Crippen LogP contribution in [0.1, 0.15) is 0 Å². The lowest BCUT2D eigenvalue weighted by Gasteiger charge is -2.50. The van der Waals surface area contributed by atoms with Crippen LogP contribution in [-0.4, -0.2) is 474 Å². The molecule has 0 radical (unpaired) electrons. The lowest BCUT2D eigenvalue weighted by Crippen LogP contribution is -2.68. The molecule has 99 heavy (non-hydrogen) atoms. The molecule has 576 valence electrons. The van der Waals surface area contributed by atoms with Crippen molar-refractivity contribution < 1.29 is 223 Å². The van der Waals surface area contributed by atoms with Gasteiger partial charge in [-0.1, -0.05) is 0 Å². The second-order valence-corrected chi connectivity index (χ2v) is 25.3. The molecule has 23 rings (SSSR count). The minimum Gasteiger partial charge on any atom is -0.394 e. The van der Waals surface area contributed by atoms with E-state index in [0.29, 0.717) is 0 Å². The Hall–Kier alpha value is -1.80. The molecule has 0 aromatic carbocycles. The van der Waals surface area contributed by atoms with Crippen molar-refractivity contribution in [2.24, 2.45) is 0 Å². The van der Waals surface area contributed by atoms with Crippen molar-refractivity contribution >= 4 is 0 Å². The zero-order chi connectivity index (χ0) is 72.1. The van der Waals surface area contributed by atoms with Crippen LogP contribution in [0.3, 0.4) is 0 Å². The van der Waals surface area contributed by atoms with Crippen molar-refractivity contribution in [3.63, 3.8) is 0 Å². The largest absolute Gasteiger partial charge is 0.394 e. The first-order chi connectivity index (χ1) is 47.1. The van der Waals surface area contributed by atoms with Gasteiger partial charge in [0.2, 0.25) is 0 Å². The van der Waals surface area contributed by atoms with Gasteiger partial charge < -0.3 is 223 Å². The molecule has 23 fully saturated rings. The topological polar surface area (TPSA) is 712 Å². The predicted octanol–water partition coefficient (Wildman–Crippen LogP) is -19.6. The Balaban J connectivity index is 0.938. The summed E-state index contributed by atoms with van der Waals surface area (Å²) in [4.78, 5) is 0. The Bertz CT molecular complexity index is 2450. The second-order valence-electron chi connectivity index (χ2n) is 25.3. The molecule has 0 spiro atoms. The standard InChI is InChI=1S/C54H90O45/c55-1-10-19(63)20(64)29(73)47(83-10)92-38-11(2-56)84-46(30(74)21(38)65)82-9-18-45-28(72)37(81)54(91-18)98-44-17(8-62)89-52(35(79)26(44)70)96-42-15(6-60)87-50(33(77)24(42)68)94-40-13(4-58)85-48(31(75)22(40)66)93-39-12(3-57)86-49(32(76)23(39)67)95-41-14(5-59)88-51(34(78)25(41)69)97-43-16(7-61)90-53(99-45)36(80)27(43)71/h10-81H,1-9H2/t10-,11-,12-,13-,14-,15-,16-,17-,18-,19-,20+,21-,22-,23-,24-,25-,26-,27-,28-,29-,30-,31-,32-,33-,34-,35-,36-,37?,38-,39-,40-,41-,42-,43-,44-,45-,46+,47-,48-,49-,50-,51-,52-,53-,54-/m1/s1. The average Bonchev–Trinajstić information content (AvgIpc) is 0.754. The molecule has 45 nitrogen and oxygen atoms in total. The molecule has 23 aliphatic rings. The Morgan fingerprint density at radius 2 is 0.404 bits per heavy atom. The SMILES string of the molecule is OC[C@H]1O[C@H](O[C@H]2[C@H](O)[C@@H](O)[C@@H](OC[C@H]3O[C@@H]4O[C@H]5[C@H](O)[C@@H](O)[C@@H](O[C@H]6[C@H](O)[C@@H](O)[C@@H](O[C@H]7[C@H](O)[C@@H](O)[C@@H](O[C@H]8[C@H](O)[C@@H](O)[C@@H](O[C@H]9[C@H](O)[C@@H](O)[C@@H](O[C@H]%10[C@H](O)[C@@H](O)[C@@H](O[C@H]3[C@H](O)C4O)O[C@@H]%10CO)O[C@@H]9CO)O[C@@H]8CO)O[C@@H]7CO)O[C@@H]6CO)O[C@@H]5CO)O[C@@H]2CO)[C@H](O)[C@@H](O)[C@@H]1O. The summed E-state index contributed by atoms with van der Waals surface area (Å²) in [7, 11) is 0. The first-order valence-corrected chi connectivity index (χ1v) is 31.6. The molecule has 45 atom stereocenters. The molecule has 23 aliphatic heterocycles. The fourth-order valence-corrected chi connectivity index (χ4v) is 13.3. The highest BCUT2D eigenvalue weighted by Crippen LogP contribution is 2.40. The number of rotatable bonds is 13.